The van der Waals surface area contributed by atoms with Gasteiger partial charge in [0.15, 0.2) is 0 Å². The Kier molecular flexibility index (Phi) is 5.20. The first-order chi connectivity index (χ1) is 6.74. The van der Waals surface area contributed by atoms with E-state index in [0.29, 0.717) is 6.54 Å². The second-order valence-corrected chi connectivity index (χ2v) is 4.62. The van der Waals surface area contributed by atoms with Gasteiger partial charge in [-0.3, -0.25) is 4.90 Å². The molecule has 0 aromatic carbocycles. The Morgan fingerprint density at radius 1 is 1.36 bits per heavy atom. The monoisotopic (exact) mass is 196 g/mol. The molecule has 0 amide bonds. The van der Waals surface area contributed by atoms with Crippen LogP contribution in [-0.4, -0.2) is 30.6 Å². The fraction of sp³-hybridized carbons (Fsp3) is 0.833. The molecule has 1 fully saturated rings. The summed E-state index contributed by atoms with van der Waals surface area (Å²) in [4.78, 5) is 2.59. The second-order valence-electron chi connectivity index (χ2n) is 4.62. The van der Waals surface area contributed by atoms with E-state index in [1.165, 1.54) is 25.8 Å². The van der Waals surface area contributed by atoms with E-state index in [1.54, 1.807) is 0 Å². The van der Waals surface area contributed by atoms with Gasteiger partial charge >= 0.3 is 0 Å². The molecular formula is C12H24N2. The molecule has 0 aliphatic heterocycles. The summed E-state index contributed by atoms with van der Waals surface area (Å²) in [7, 11) is 0. The lowest BCUT2D eigenvalue weighted by Gasteiger charge is -2.21. The predicted octanol–water partition coefficient (Wildman–Crippen LogP) is 2.01. The molecule has 0 bridgehead atoms. The molecule has 0 radical (unpaired) electrons. The van der Waals surface area contributed by atoms with Gasteiger partial charge < -0.3 is 5.73 Å². The third-order valence-corrected chi connectivity index (χ3v) is 2.70. The summed E-state index contributed by atoms with van der Waals surface area (Å²) in [5, 5.41) is 0. The van der Waals surface area contributed by atoms with Crippen LogP contribution in [0.2, 0.25) is 0 Å². The van der Waals surface area contributed by atoms with Gasteiger partial charge in [-0.25, -0.2) is 0 Å². The van der Waals surface area contributed by atoms with Crippen molar-refractivity contribution in [2.45, 2.75) is 39.2 Å². The van der Waals surface area contributed by atoms with Crippen LogP contribution in [0.15, 0.2) is 12.2 Å². The van der Waals surface area contributed by atoms with E-state index in [1.807, 2.05) is 0 Å². The van der Waals surface area contributed by atoms with Crippen LogP contribution in [0, 0.1) is 5.92 Å². The van der Waals surface area contributed by atoms with Crippen molar-refractivity contribution in [3.63, 3.8) is 0 Å². The molecule has 0 atom stereocenters. The molecule has 2 heteroatoms. The Labute approximate surface area is 88.2 Å². The van der Waals surface area contributed by atoms with E-state index in [-0.39, 0.29) is 0 Å². The van der Waals surface area contributed by atoms with E-state index in [4.69, 9.17) is 5.73 Å². The van der Waals surface area contributed by atoms with Crippen LogP contribution in [0.1, 0.15) is 33.1 Å². The van der Waals surface area contributed by atoms with Crippen molar-refractivity contribution in [1.29, 1.82) is 0 Å². The van der Waals surface area contributed by atoms with Crippen LogP contribution in [0.25, 0.3) is 0 Å². The maximum atomic E-state index is 5.42. The molecule has 2 nitrogen and oxygen atoms in total. The summed E-state index contributed by atoms with van der Waals surface area (Å²) >= 11 is 0. The van der Waals surface area contributed by atoms with Crippen molar-refractivity contribution in [2.24, 2.45) is 11.7 Å². The first-order valence-corrected chi connectivity index (χ1v) is 5.83. The van der Waals surface area contributed by atoms with Crippen LogP contribution >= 0.6 is 0 Å². The van der Waals surface area contributed by atoms with Gasteiger partial charge in [0.05, 0.1) is 0 Å². The Hall–Kier alpha value is -0.340. The maximum Gasteiger partial charge on any atom is 0.0166 e. The lowest BCUT2D eigenvalue weighted by Crippen LogP contribution is -2.28. The smallest absolute Gasteiger partial charge is 0.0166 e. The van der Waals surface area contributed by atoms with E-state index in [2.05, 4.69) is 30.9 Å². The van der Waals surface area contributed by atoms with Crippen molar-refractivity contribution in [3.05, 3.63) is 12.2 Å². The first kappa shape index (κ1) is 11.7. The molecule has 0 saturated heterocycles. The highest BCUT2D eigenvalue weighted by Crippen LogP contribution is 2.27. The highest BCUT2D eigenvalue weighted by molar-refractivity contribution is 4.92. The van der Waals surface area contributed by atoms with Crippen LogP contribution in [0.5, 0.6) is 0 Å². The minimum absolute atomic E-state index is 0.669. The molecule has 2 N–H and O–H groups in total. The lowest BCUT2D eigenvalue weighted by atomic mass is 10.1. The highest BCUT2D eigenvalue weighted by Gasteiger charge is 2.27. The van der Waals surface area contributed by atoms with Crippen molar-refractivity contribution in [3.8, 4) is 0 Å². The van der Waals surface area contributed by atoms with Gasteiger partial charge in [0.2, 0.25) is 0 Å². The Balaban J connectivity index is 2.20. The molecule has 0 aromatic heterocycles. The van der Waals surface area contributed by atoms with Crippen molar-refractivity contribution < 1.29 is 0 Å². The number of hydrogen-bond donors (Lipinski definition) is 1. The fourth-order valence-electron chi connectivity index (χ4n) is 1.59. The molecule has 0 unspecified atom stereocenters. The summed E-state index contributed by atoms with van der Waals surface area (Å²) in [5.74, 6) is 0.815. The van der Waals surface area contributed by atoms with Crippen molar-refractivity contribution in [2.75, 3.05) is 19.6 Å². The summed E-state index contributed by atoms with van der Waals surface area (Å²) in [6, 6.07) is 0.871. The minimum atomic E-state index is 0.669. The molecule has 0 aromatic rings. The quantitative estimate of drug-likeness (QED) is 0.631. The van der Waals surface area contributed by atoms with Gasteiger partial charge in [-0.05, 0) is 31.7 Å². The van der Waals surface area contributed by atoms with Gasteiger partial charge in [0.1, 0.15) is 0 Å². The highest BCUT2D eigenvalue weighted by atomic mass is 15.2. The average Bonchev–Trinajstić information content (AvgIpc) is 2.94. The Bertz CT molecular complexity index is 171. The maximum absolute atomic E-state index is 5.42. The first-order valence-electron chi connectivity index (χ1n) is 5.83. The van der Waals surface area contributed by atoms with Crippen LogP contribution in [0.3, 0.4) is 0 Å². The molecule has 0 spiro atoms. The SMILES string of the molecule is CC(C)CCN(C/C=C/CN)C1CC1. The predicted molar refractivity (Wildman–Crippen MR) is 62.2 cm³/mol. The summed E-state index contributed by atoms with van der Waals surface area (Å²) < 4.78 is 0. The molecule has 14 heavy (non-hydrogen) atoms. The summed E-state index contributed by atoms with van der Waals surface area (Å²) in [5.41, 5.74) is 5.42. The molecule has 0 heterocycles. The van der Waals surface area contributed by atoms with E-state index >= 15 is 0 Å². The molecule has 1 rings (SSSR count). The summed E-state index contributed by atoms with van der Waals surface area (Å²) in [6.45, 7) is 7.59. The van der Waals surface area contributed by atoms with E-state index < -0.39 is 0 Å². The molecule has 1 aliphatic rings. The van der Waals surface area contributed by atoms with Crippen LogP contribution in [-0.2, 0) is 0 Å². The Morgan fingerprint density at radius 3 is 2.57 bits per heavy atom. The molecule has 82 valence electrons. The third-order valence-electron chi connectivity index (χ3n) is 2.70. The minimum Gasteiger partial charge on any atom is -0.327 e. The zero-order valence-corrected chi connectivity index (χ0v) is 9.58. The van der Waals surface area contributed by atoms with Crippen LogP contribution in [0.4, 0.5) is 0 Å². The van der Waals surface area contributed by atoms with E-state index in [9.17, 15) is 0 Å². The lowest BCUT2D eigenvalue weighted by molar-refractivity contribution is 0.273. The fourth-order valence-corrected chi connectivity index (χ4v) is 1.59. The zero-order valence-electron chi connectivity index (χ0n) is 9.58. The molecule has 1 saturated carbocycles. The number of nitrogens with zero attached hydrogens (tertiary/aromatic N) is 1. The topological polar surface area (TPSA) is 29.3 Å². The van der Waals surface area contributed by atoms with Gasteiger partial charge in [-0.1, -0.05) is 26.0 Å². The van der Waals surface area contributed by atoms with Gasteiger partial charge in [-0.2, -0.15) is 0 Å². The van der Waals surface area contributed by atoms with Gasteiger partial charge in [0.25, 0.3) is 0 Å². The molecular weight excluding hydrogens is 172 g/mol. The molecule has 1 aliphatic carbocycles. The largest absolute Gasteiger partial charge is 0.327 e. The van der Waals surface area contributed by atoms with Crippen molar-refractivity contribution in [1.82, 2.24) is 4.90 Å². The van der Waals surface area contributed by atoms with E-state index in [0.717, 1.165) is 18.5 Å². The normalized spacial score (nSPS) is 17.5. The number of hydrogen-bond acceptors (Lipinski definition) is 2. The average molecular weight is 196 g/mol. The number of nitrogens with two attached hydrogens (primary N) is 1. The zero-order chi connectivity index (χ0) is 10.4. The number of rotatable bonds is 7. The third kappa shape index (κ3) is 4.77. The van der Waals surface area contributed by atoms with Gasteiger partial charge in [-0.15, -0.1) is 0 Å². The second kappa shape index (κ2) is 6.20. The Morgan fingerprint density at radius 2 is 2.07 bits per heavy atom. The van der Waals surface area contributed by atoms with Crippen LogP contribution < -0.4 is 5.73 Å². The van der Waals surface area contributed by atoms with Gasteiger partial charge in [0, 0.05) is 19.1 Å². The van der Waals surface area contributed by atoms with Crippen molar-refractivity contribution >= 4 is 0 Å². The standard InChI is InChI=1S/C12H24N2/c1-11(2)7-10-14(12-5-6-12)9-4-3-8-13/h3-4,11-12H,5-10,13H2,1-2H3/b4-3+. The summed E-state index contributed by atoms with van der Waals surface area (Å²) in [6.07, 6.45) is 8.37.